The molecule has 6 nitrogen and oxygen atoms in total. The average Bonchev–Trinajstić information content (AvgIpc) is 3.23. The van der Waals surface area contributed by atoms with Crippen LogP contribution in [0.15, 0.2) is 28.9 Å². The second-order valence-corrected chi connectivity index (χ2v) is 5.64. The fraction of sp³-hybridized carbons (Fsp3) is 0.400. The van der Waals surface area contributed by atoms with E-state index in [1.54, 1.807) is 18.2 Å². The molecule has 3 aromatic rings. The lowest BCUT2D eigenvalue weighted by Gasteiger charge is -2.23. The van der Waals surface area contributed by atoms with Gasteiger partial charge in [0.25, 0.3) is 5.82 Å². The minimum absolute atomic E-state index is 0.210. The zero-order valence-electron chi connectivity index (χ0n) is 12.5. The number of nitrogens with zero attached hydrogens (tertiary/aromatic N) is 4. The van der Waals surface area contributed by atoms with Gasteiger partial charge in [-0.15, -0.1) is 5.10 Å². The topological polar surface area (TPSA) is 66.0 Å². The van der Waals surface area contributed by atoms with Crippen molar-refractivity contribution in [1.29, 1.82) is 0 Å². The lowest BCUT2D eigenvalue weighted by molar-refractivity contribution is -0.146. The van der Waals surface area contributed by atoms with E-state index in [9.17, 15) is 13.2 Å². The summed E-state index contributed by atoms with van der Waals surface area (Å²) in [6.07, 6.45) is -0.584. The van der Waals surface area contributed by atoms with Crippen molar-refractivity contribution < 1.29 is 22.3 Å². The van der Waals surface area contributed by atoms with Crippen molar-refractivity contribution in [3.8, 4) is 5.69 Å². The normalized spacial score (nSPS) is 19.0. The van der Waals surface area contributed by atoms with Gasteiger partial charge < -0.3 is 9.15 Å². The van der Waals surface area contributed by atoms with Crippen LogP contribution in [-0.4, -0.2) is 26.8 Å². The van der Waals surface area contributed by atoms with Crippen LogP contribution in [0.5, 0.6) is 0 Å². The average molecular weight is 338 g/mol. The summed E-state index contributed by atoms with van der Waals surface area (Å²) in [4.78, 5) is 0. The molecule has 0 spiro atoms. The third kappa shape index (κ3) is 2.54. The first kappa shape index (κ1) is 15.1. The minimum atomic E-state index is -4.64. The molecule has 1 unspecified atom stereocenters. The molecule has 2 aromatic heterocycles. The van der Waals surface area contributed by atoms with Crippen molar-refractivity contribution >= 4 is 11.0 Å². The quantitative estimate of drug-likeness (QED) is 0.713. The monoisotopic (exact) mass is 338 g/mol. The highest BCUT2D eigenvalue weighted by Crippen LogP contribution is 2.36. The van der Waals surface area contributed by atoms with Crippen LogP contribution in [-0.2, 0) is 10.9 Å². The molecule has 1 saturated heterocycles. The van der Waals surface area contributed by atoms with Crippen LogP contribution >= 0.6 is 0 Å². The zero-order chi connectivity index (χ0) is 16.7. The highest BCUT2D eigenvalue weighted by Gasteiger charge is 2.38. The molecule has 1 fully saturated rings. The Labute approximate surface area is 134 Å². The predicted molar refractivity (Wildman–Crippen MR) is 76.5 cm³/mol. The fourth-order valence-electron chi connectivity index (χ4n) is 2.98. The third-order valence-corrected chi connectivity index (χ3v) is 4.06. The Morgan fingerprint density at radius 1 is 1.21 bits per heavy atom. The highest BCUT2D eigenvalue weighted by molar-refractivity contribution is 5.83. The number of hydrogen-bond donors (Lipinski definition) is 0. The lowest BCUT2D eigenvalue weighted by atomic mass is 9.99. The standard InChI is InChI=1S/C15H13F3N4O2/c16-15(17,18)14-19-20-21-22(14)10-7-9-4-6-24-13(9)11(8-10)12-3-1-2-5-23-12/h4,6-8,12H,1-3,5H2. The number of halogens is 3. The fourth-order valence-corrected chi connectivity index (χ4v) is 2.98. The Balaban J connectivity index is 1.87. The number of furan rings is 1. The van der Waals surface area contributed by atoms with Crippen LogP contribution in [0, 0.1) is 0 Å². The van der Waals surface area contributed by atoms with Gasteiger partial charge in [-0.05, 0) is 47.9 Å². The van der Waals surface area contributed by atoms with E-state index in [0.717, 1.165) is 24.8 Å². The van der Waals surface area contributed by atoms with Crippen LogP contribution in [0.2, 0.25) is 0 Å². The van der Waals surface area contributed by atoms with Gasteiger partial charge >= 0.3 is 6.18 Å². The number of rotatable bonds is 2. The van der Waals surface area contributed by atoms with Gasteiger partial charge in [0.2, 0.25) is 0 Å². The molecule has 24 heavy (non-hydrogen) atoms. The molecule has 4 rings (SSSR count). The summed E-state index contributed by atoms with van der Waals surface area (Å²) in [6, 6.07) is 4.87. The smallest absolute Gasteiger partial charge is 0.453 e. The van der Waals surface area contributed by atoms with Crippen LogP contribution in [0.25, 0.3) is 16.7 Å². The van der Waals surface area contributed by atoms with Gasteiger partial charge in [0.05, 0.1) is 18.1 Å². The number of alkyl halides is 3. The van der Waals surface area contributed by atoms with Gasteiger partial charge in [-0.2, -0.15) is 17.9 Å². The predicted octanol–water partition coefficient (Wildman–Crippen LogP) is 3.67. The van der Waals surface area contributed by atoms with E-state index in [-0.39, 0.29) is 11.8 Å². The first-order chi connectivity index (χ1) is 11.5. The summed E-state index contributed by atoms with van der Waals surface area (Å²) in [5.74, 6) is -1.17. The molecule has 1 aliphatic rings. The maximum Gasteiger partial charge on any atom is 0.453 e. The molecule has 1 aliphatic heterocycles. The maximum atomic E-state index is 13.1. The second-order valence-electron chi connectivity index (χ2n) is 5.64. The Morgan fingerprint density at radius 2 is 2.08 bits per heavy atom. The summed E-state index contributed by atoms with van der Waals surface area (Å²) in [5, 5.41) is 10.4. The third-order valence-electron chi connectivity index (χ3n) is 4.06. The Kier molecular flexibility index (Phi) is 3.52. The molecule has 0 bridgehead atoms. The van der Waals surface area contributed by atoms with Crippen LogP contribution in [0.3, 0.4) is 0 Å². The Bertz CT molecular complexity index is 865. The SMILES string of the molecule is FC(F)(F)c1nnnn1-c1cc(C2CCCCO2)c2occc2c1. The molecule has 0 aliphatic carbocycles. The summed E-state index contributed by atoms with van der Waals surface area (Å²) in [7, 11) is 0. The van der Waals surface area contributed by atoms with Crippen molar-refractivity contribution in [2.24, 2.45) is 0 Å². The van der Waals surface area contributed by atoms with Crippen molar-refractivity contribution in [1.82, 2.24) is 20.2 Å². The molecular weight excluding hydrogens is 325 g/mol. The number of ether oxygens (including phenoxy) is 1. The van der Waals surface area contributed by atoms with E-state index < -0.39 is 12.0 Å². The molecule has 3 heterocycles. The molecule has 1 aromatic carbocycles. The van der Waals surface area contributed by atoms with Gasteiger partial charge in [-0.25, -0.2) is 0 Å². The van der Waals surface area contributed by atoms with Crippen molar-refractivity contribution in [2.75, 3.05) is 6.61 Å². The van der Waals surface area contributed by atoms with Crippen molar-refractivity contribution in [3.05, 3.63) is 35.9 Å². The van der Waals surface area contributed by atoms with E-state index in [1.165, 1.54) is 6.26 Å². The molecule has 1 atom stereocenters. The van der Waals surface area contributed by atoms with E-state index in [4.69, 9.17) is 9.15 Å². The molecular formula is C15H13F3N4O2. The molecule has 126 valence electrons. The van der Waals surface area contributed by atoms with E-state index in [2.05, 4.69) is 15.5 Å². The number of benzene rings is 1. The summed E-state index contributed by atoms with van der Waals surface area (Å²) < 4.78 is 51.2. The Hall–Kier alpha value is -2.42. The number of aromatic nitrogens is 4. The highest BCUT2D eigenvalue weighted by atomic mass is 19.4. The first-order valence-corrected chi connectivity index (χ1v) is 7.53. The Morgan fingerprint density at radius 3 is 2.83 bits per heavy atom. The second kappa shape index (κ2) is 5.59. The number of fused-ring (bicyclic) bond motifs is 1. The molecule has 0 radical (unpaired) electrons. The lowest BCUT2D eigenvalue weighted by Crippen LogP contribution is -2.16. The van der Waals surface area contributed by atoms with Gasteiger partial charge in [0.1, 0.15) is 5.58 Å². The molecule has 0 amide bonds. The van der Waals surface area contributed by atoms with E-state index in [0.29, 0.717) is 22.3 Å². The van der Waals surface area contributed by atoms with Gasteiger partial charge in [-0.1, -0.05) is 0 Å². The van der Waals surface area contributed by atoms with Crippen molar-refractivity contribution in [3.63, 3.8) is 0 Å². The van der Waals surface area contributed by atoms with Crippen LogP contribution in [0.4, 0.5) is 13.2 Å². The molecule has 0 saturated carbocycles. The molecule has 9 heteroatoms. The van der Waals surface area contributed by atoms with E-state index >= 15 is 0 Å². The molecule has 0 N–H and O–H groups in total. The van der Waals surface area contributed by atoms with E-state index in [1.807, 2.05) is 0 Å². The van der Waals surface area contributed by atoms with Crippen LogP contribution < -0.4 is 0 Å². The largest absolute Gasteiger partial charge is 0.464 e. The van der Waals surface area contributed by atoms with Gasteiger partial charge in [0, 0.05) is 17.6 Å². The minimum Gasteiger partial charge on any atom is -0.464 e. The number of hydrogen-bond acceptors (Lipinski definition) is 5. The summed E-state index contributed by atoms with van der Waals surface area (Å²) in [6.45, 7) is 0.621. The summed E-state index contributed by atoms with van der Waals surface area (Å²) in [5.41, 5.74) is 1.56. The summed E-state index contributed by atoms with van der Waals surface area (Å²) >= 11 is 0. The van der Waals surface area contributed by atoms with Gasteiger partial charge in [0.15, 0.2) is 0 Å². The van der Waals surface area contributed by atoms with Crippen molar-refractivity contribution in [2.45, 2.75) is 31.5 Å². The van der Waals surface area contributed by atoms with Gasteiger partial charge in [-0.3, -0.25) is 0 Å². The first-order valence-electron chi connectivity index (χ1n) is 7.53. The van der Waals surface area contributed by atoms with Crippen LogP contribution in [0.1, 0.15) is 36.8 Å². The number of tetrazole rings is 1. The maximum absolute atomic E-state index is 13.1. The zero-order valence-corrected chi connectivity index (χ0v) is 12.5.